The number of hydrogen-bond donors (Lipinski definition) is 1. The predicted octanol–water partition coefficient (Wildman–Crippen LogP) is 4.97. The smallest absolute Gasteiger partial charge is 0.262 e. The average molecular weight is 369 g/mol. The molecule has 1 saturated carbocycles. The van der Waals surface area contributed by atoms with Gasteiger partial charge in [-0.05, 0) is 42.2 Å². The lowest BCUT2D eigenvalue weighted by Crippen LogP contribution is -2.44. The van der Waals surface area contributed by atoms with E-state index in [1.54, 1.807) is 6.07 Å². The molecule has 2 aromatic carbocycles. The number of benzene rings is 2. The third-order valence-corrected chi connectivity index (χ3v) is 5.06. The minimum absolute atomic E-state index is 0.000838. The zero-order valence-corrected chi connectivity index (χ0v) is 14.9. The van der Waals surface area contributed by atoms with E-state index in [-0.39, 0.29) is 10.6 Å². The van der Waals surface area contributed by atoms with Crippen LogP contribution in [-0.4, -0.2) is 5.91 Å². The molecular weight excluding hydrogens is 351 g/mol. The Morgan fingerprint density at radius 2 is 1.88 bits per heavy atom. The summed E-state index contributed by atoms with van der Waals surface area (Å²) in [6, 6.07) is 15.9. The van der Waals surface area contributed by atoms with E-state index in [1.165, 1.54) is 18.2 Å². The molecule has 0 spiro atoms. The van der Waals surface area contributed by atoms with Gasteiger partial charge in [0.2, 0.25) is 0 Å². The number of amides is 1. The first-order chi connectivity index (χ1) is 12.5. The first-order valence-electron chi connectivity index (χ1n) is 8.49. The van der Waals surface area contributed by atoms with E-state index in [0.29, 0.717) is 5.56 Å². The number of hydrogen-bond acceptors (Lipinski definition) is 2. The van der Waals surface area contributed by atoms with Crippen molar-refractivity contribution in [3.63, 3.8) is 0 Å². The summed E-state index contributed by atoms with van der Waals surface area (Å²) in [4.78, 5) is 12.7. The van der Waals surface area contributed by atoms with Crippen LogP contribution in [0.25, 0.3) is 6.08 Å². The number of nitriles is 1. The summed E-state index contributed by atoms with van der Waals surface area (Å²) in [6.45, 7) is 0. The largest absolute Gasteiger partial charge is 0.342 e. The molecule has 1 aliphatic carbocycles. The highest BCUT2D eigenvalue weighted by Gasteiger charge is 2.37. The first-order valence-corrected chi connectivity index (χ1v) is 8.87. The van der Waals surface area contributed by atoms with E-state index in [1.807, 2.05) is 36.4 Å². The van der Waals surface area contributed by atoms with E-state index in [4.69, 9.17) is 11.6 Å². The maximum absolute atomic E-state index is 13.6. The summed E-state index contributed by atoms with van der Waals surface area (Å²) >= 11 is 5.67. The second-order valence-electron chi connectivity index (χ2n) is 6.45. The van der Waals surface area contributed by atoms with Crippen LogP contribution in [0.3, 0.4) is 0 Å². The van der Waals surface area contributed by atoms with Crippen LogP contribution >= 0.6 is 11.6 Å². The summed E-state index contributed by atoms with van der Waals surface area (Å²) in [5, 5.41) is 12.5. The van der Waals surface area contributed by atoms with Crippen LogP contribution in [0.5, 0.6) is 0 Å². The molecule has 0 radical (unpaired) electrons. The molecule has 1 N–H and O–H groups in total. The number of nitrogens with zero attached hydrogens (tertiary/aromatic N) is 1. The van der Waals surface area contributed by atoms with E-state index in [0.717, 1.165) is 31.2 Å². The van der Waals surface area contributed by atoms with E-state index in [9.17, 15) is 14.4 Å². The SMILES string of the molecule is N#CC(=Cc1ccc(Cl)c(F)c1)C(=O)NC1(c2ccccc2)CCCC1. The van der Waals surface area contributed by atoms with E-state index in [2.05, 4.69) is 5.32 Å². The Hall–Kier alpha value is -2.64. The molecule has 5 heteroatoms. The molecule has 0 aliphatic heterocycles. The van der Waals surface area contributed by atoms with Crippen molar-refractivity contribution in [2.24, 2.45) is 0 Å². The van der Waals surface area contributed by atoms with Crippen LogP contribution in [0.1, 0.15) is 36.8 Å². The molecule has 2 aromatic rings. The van der Waals surface area contributed by atoms with Crippen LogP contribution in [0.4, 0.5) is 4.39 Å². The van der Waals surface area contributed by atoms with Crippen molar-refractivity contribution in [1.82, 2.24) is 5.32 Å². The van der Waals surface area contributed by atoms with Crippen LogP contribution in [0.2, 0.25) is 5.02 Å². The molecule has 0 heterocycles. The Labute approximate surface area is 157 Å². The third-order valence-electron chi connectivity index (χ3n) is 4.76. The van der Waals surface area contributed by atoms with E-state index >= 15 is 0 Å². The Bertz CT molecular complexity index is 881. The van der Waals surface area contributed by atoms with Gasteiger partial charge in [0.1, 0.15) is 17.5 Å². The van der Waals surface area contributed by atoms with Gasteiger partial charge in [-0.2, -0.15) is 5.26 Å². The normalized spacial score (nSPS) is 16.1. The molecule has 1 amide bonds. The lowest BCUT2D eigenvalue weighted by Gasteiger charge is -2.31. The number of carbonyl (C=O) groups is 1. The Kier molecular flexibility index (Phi) is 5.39. The number of nitrogens with one attached hydrogen (secondary N) is 1. The van der Waals surface area contributed by atoms with Crippen molar-refractivity contribution in [1.29, 1.82) is 5.26 Å². The molecule has 26 heavy (non-hydrogen) atoms. The van der Waals surface area contributed by atoms with E-state index < -0.39 is 17.3 Å². The van der Waals surface area contributed by atoms with Crippen molar-refractivity contribution in [3.8, 4) is 6.07 Å². The summed E-state index contributed by atoms with van der Waals surface area (Å²) in [5.74, 6) is -1.04. The van der Waals surface area contributed by atoms with Crippen molar-refractivity contribution < 1.29 is 9.18 Å². The van der Waals surface area contributed by atoms with Gasteiger partial charge < -0.3 is 5.32 Å². The lowest BCUT2D eigenvalue weighted by molar-refractivity contribution is -0.119. The fourth-order valence-corrected chi connectivity index (χ4v) is 3.54. The van der Waals surface area contributed by atoms with Gasteiger partial charge in [0, 0.05) is 0 Å². The highest BCUT2D eigenvalue weighted by atomic mass is 35.5. The molecule has 3 nitrogen and oxygen atoms in total. The van der Waals surface area contributed by atoms with Gasteiger partial charge in [-0.15, -0.1) is 0 Å². The number of halogens is 2. The molecule has 1 aliphatic rings. The predicted molar refractivity (Wildman–Crippen MR) is 99.7 cm³/mol. The zero-order valence-electron chi connectivity index (χ0n) is 14.1. The van der Waals surface area contributed by atoms with Crippen LogP contribution in [0.15, 0.2) is 54.1 Å². The summed E-state index contributed by atoms with van der Waals surface area (Å²) < 4.78 is 13.6. The van der Waals surface area contributed by atoms with Gasteiger partial charge >= 0.3 is 0 Å². The standard InChI is InChI=1S/C21H18ClFN2O/c22-18-9-8-15(13-19(18)23)12-16(14-24)20(26)25-21(10-4-5-11-21)17-6-2-1-3-7-17/h1-3,6-9,12-13H,4-5,10-11H2,(H,25,26). The van der Waals surface area contributed by atoms with Crippen LogP contribution < -0.4 is 5.32 Å². The molecule has 3 rings (SSSR count). The van der Waals surface area contributed by atoms with Crippen LogP contribution in [0, 0.1) is 17.1 Å². The van der Waals surface area contributed by atoms with Gasteiger partial charge in [0.05, 0.1) is 10.6 Å². The summed E-state index contributed by atoms with van der Waals surface area (Å²) in [5.41, 5.74) is 0.938. The fourth-order valence-electron chi connectivity index (χ4n) is 3.42. The lowest BCUT2D eigenvalue weighted by atomic mass is 9.87. The van der Waals surface area contributed by atoms with Gasteiger partial charge in [-0.3, -0.25) is 4.79 Å². The fraction of sp³-hybridized carbons (Fsp3) is 0.238. The third kappa shape index (κ3) is 3.79. The molecule has 0 aromatic heterocycles. The number of carbonyl (C=O) groups excluding carboxylic acids is 1. The van der Waals surface area contributed by atoms with Crippen LogP contribution in [-0.2, 0) is 10.3 Å². The molecule has 0 saturated heterocycles. The van der Waals surface area contributed by atoms with Crippen molar-refractivity contribution in [2.45, 2.75) is 31.2 Å². The number of rotatable bonds is 4. The minimum Gasteiger partial charge on any atom is -0.342 e. The van der Waals surface area contributed by atoms with Gasteiger partial charge in [-0.1, -0.05) is 60.8 Å². The Morgan fingerprint density at radius 3 is 2.50 bits per heavy atom. The molecule has 1 fully saturated rings. The first kappa shape index (κ1) is 18.2. The monoisotopic (exact) mass is 368 g/mol. The Balaban J connectivity index is 1.87. The van der Waals surface area contributed by atoms with Gasteiger partial charge in [0.25, 0.3) is 5.91 Å². The molecular formula is C21H18ClFN2O. The summed E-state index contributed by atoms with van der Waals surface area (Å²) in [7, 11) is 0. The highest BCUT2D eigenvalue weighted by Crippen LogP contribution is 2.38. The second kappa shape index (κ2) is 7.72. The highest BCUT2D eigenvalue weighted by molar-refractivity contribution is 6.30. The quantitative estimate of drug-likeness (QED) is 0.611. The molecule has 0 bridgehead atoms. The van der Waals surface area contributed by atoms with Gasteiger partial charge in [-0.25, -0.2) is 4.39 Å². The molecule has 0 unspecified atom stereocenters. The minimum atomic E-state index is -0.588. The van der Waals surface area contributed by atoms with Gasteiger partial charge in [0.15, 0.2) is 0 Å². The zero-order chi connectivity index (χ0) is 18.6. The van der Waals surface area contributed by atoms with Crippen molar-refractivity contribution in [2.75, 3.05) is 0 Å². The topological polar surface area (TPSA) is 52.9 Å². The summed E-state index contributed by atoms with van der Waals surface area (Å²) in [6.07, 6.45) is 5.07. The van der Waals surface area contributed by atoms with Crippen molar-refractivity contribution >= 4 is 23.6 Å². The maximum atomic E-state index is 13.6. The second-order valence-corrected chi connectivity index (χ2v) is 6.86. The Morgan fingerprint density at radius 1 is 1.19 bits per heavy atom. The van der Waals surface area contributed by atoms with Crippen molar-refractivity contribution in [3.05, 3.63) is 76.1 Å². The molecule has 0 atom stereocenters. The maximum Gasteiger partial charge on any atom is 0.262 e. The average Bonchev–Trinajstić information content (AvgIpc) is 3.13. The molecule has 132 valence electrons.